The second-order valence-electron chi connectivity index (χ2n) is 2.08. The Morgan fingerprint density at radius 3 is 2.50 bits per heavy atom. The highest BCUT2D eigenvalue weighted by Crippen LogP contribution is 2.16. The van der Waals surface area contributed by atoms with E-state index >= 15 is 0 Å². The standard InChI is InChI=1S/C7H11Br2I/c1-2-7(10)4-3-6(9)5-8/h2,6-7H,1,3-5H2. The van der Waals surface area contributed by atoms with Crippen molar-refractivity contribution in [2.24, 2.45) is 0 Å². The van der Waals surface area contributed by atoms with E-state index in [-0.39, 0.29) is 0 Å². The van der Waals surface area contributed by atoms with Gasteiger partial charge in [-0.05, 0) is 12.8 Å². The Labute approximate surface area is 93.2 Å². The Morgan fingerprint density at radius 2 is 2.10 bits per heavy atom. The maximum absolute atomic E-state index is 3.73. The Kier molecular flexibility index (Phi) is 8.11. The van der Waals surface area contributed by atoms with Crippen LogP contribution in [0.1, 0.15) is 12.8 Å². The number of halogens is 3. The zero-order valence-electron chi connectivity index (χ0n) is 5.69. The van der Waals surface area contributed by atoms with E-state index in [2.05, 4.69) is 61.0 Å². The zero-order valence-corrected chi connectivity index (χ0v) is 11.0. The van der Waals surface area contributed by atoms with Gasteiger partial charge in [-0.25, -0.2) is 0 Å². The van der Waals surface area contributed by atoms with E-state index in [9.17, 15) is 0 Å². The summed E-state index contributed by atoms with van der Waals surface area (Å²) in [6, 6.07) is 0. The van der Waals surface area contributed by atoms with Gasteiger partial charge in [-0.15, -0.1) is 6.58 Å². The van der Waals surface area contributed by atoms with Gasteiger partial charge in [0.1, 0.15) is 0 Å². The van der Waals surface area contributed by atoms with Gasteiger partial charge in [0.2, 0.25) is 0 Å². The maximum Gasteiger partial charge on any atom is 0.0287 e. The summed E-state index contributed by atoms with van der Waals surface area (Å²) >= 11 is 9.36. The molecular weight excluding hydrogens is 371 g/mol. The second-order valence-corrected chi connectivity index (χ2v) is 5.62. The molecule has 2 unspecified atom stereocenters. The monoisotopic (exact) mass is 380 g/mol. The summed E-state index contributed by atoms with van der Waals surface area (Å²) in [5, 5.41) is 1.04. The van der Waals surface area contributed by atoms with Crippen LogP contribution in [0, 0.1) is 0 Å². The summed E-state index contributed by atoms with van der Waals surface area (Å²) in [7, 11) is 0. The number of hydrogen-bond donors (Lipinski definition) is 0. The molecule has 0 radical (unpaired) electrons. The molecule has 0 fully saturated rings. The third-order valence-electron chi connectivity index (χ3n) is 1.18. The molecule has 0 saturated heterocycles. The van der Waals surface area contributed by atoms with E-state index in [0.29, 0.717) is 8.75 Å². The molecule has 0 nitrogen and oxygen atoms in total. The van der Waals surface area contributed by atoms with Crippen molar-refractivity contribution in [3.05, 3.63) is 12.7 Å². The molecule has 0 aliphatic heterocycles. The molecule has 0 saturated carbocycles. The van der Waals surface area contributed by atoms with Crippen molar-refractivity contribution < 1.29 is 0 Å². The molecule has 0 N–H and O–H groups in total. The third kappa shape index (κ3) is 6.16. The van der Waals surface area contributed by atoms with E-state index in [4.69, 9.17) is 0 Å². The first-order valence-electron chi connectivity index (χ1n) is 3.17. The summed E-state index contributed by atoms with van der Waals surface area (Å²) < 4.78 is 0.622. The molecule has 0 aromatic heterocycles. The van der Waals surface area contributed by atoms with Crippen LogP contribution in [0.3, 0.4) is 0 Å². The molecule has 0 aliphatic rings. The van der Waals surface area contributed by atoms with Gasteiger partial charge in [-0.2, -0.15) is 0 Å². The molecule has 0 aromatic carbocycles. The molecule has 0 heterocycles. The minimum Gasteiger partial charge on any atom is -0.102 e. The van der Waals surface area contributed by atoms with Crippen LogP contribution in [0.5, 0.6) is 0 Å². The van der Waals surface area contributed by atoms with Gasteiger partial charge in [0.15, 0.2) is 0 Å². The predicted octanol–water partition coefficient (Wildman–Crippen LogP) is 3.91. The van der Waals surface area contributed by atoms with Crippen molar-refractivity contribution in [1.29, 1.82) is 0 Å². The Balaban J connectivity index is 3.25. The Bertz CT molecular complexity index is 95.6. The van der Waals surface area contributed by atoms with Crippen LogP contribution in [-0.4, -0.2) is 14.1 Å². The molecule has 0 aromatic rings. The quantitative estimate of drug-likeness (QED) is 0.385. The van der Waals surface area contributed by atoms with Crippen LogP contribution in [-0.2, 0) is 0 Å². The van der Waals surface area contributed by atoms with Gasteiger partial charge in [-0.3, -0.25) is 0 Å². The zero-order chi connectivity index (χ0) is 7.98. The van der Waals surface area contributed by atoms with E-state index in [0.717, 1.165) is 5.33 Å². The first kappa shape index (κ1) is 11.4. The molecule has 0 amide bonds. The van der Waals surface area contributed by atoms with Crippen LogP contribution in [0.2, 0.25) is 0 Å². The summed E-state index contributed by atoms with van der Waals surface area (Å²) in [5.41, 5.74) is 0. The lowest BCUT2D eigenvalue weighted by molar-refractivity contribution is 0.779. The number of rotatable bonds is 5. The van der Waals surface area contributed by atoms with Crippen LogP contribution in [0.4, 0.5) is 0 Å². The second kappa shape index (κ2) is 7.10. The van der Waals surface area contributed by atoms with Gasteiger partial charge in [0.05, 0.1) is 0 Å². The topological polar surface area (TPSA) is 0 Å². The van der Waals surface area contributed by atoms with Crippen molar-refractivity contribution in [2.45, 2.75) is 21.6 Å². The summed E-state index contributed by atoms with van der Waals surface area (Å²) in [5.74, 6) is 0. The Hall–Kier alpha value is 1.43. The van der Waals surface area contributed by atoms with Gasteiger partial charge in [0, 0.05) is 14.1 Å². The fraction of sp³-hybridized carbons (Fsp3) is 0.714. The van der Waals surface area contributed by atoms with Crippen molar-refractivity contribution in [2.75, 3.05) is 5.33 Å². The van der Waals surface area contributed by atoms with E-state index < -0.39 is 0 Å². The van der Waals surface area contributed by atoms with Gasteiger partial charge in [-0.1, -0.05) is 60.5 Å². The molecule has 0 rings (SSSR count). The van der Waals surface area contributed by atoms with Crippen LogP contribution < -0.4 is 0 Å². The summed E-state index contributed by atoms with van der Waals surface area (Å²) in [6.07, 6.45) is 4.42. The molecule has 10 heavy (non-hydrogen) atoms. The number of alkyl halides is 3. The molecule has 60 valence electrons. The summed E-state index contributed by atoms with van der Waals surface area (Å²) in [6.45, 7) is 3.73. The minimum absolute atomic E-state index is 0.615. The highest BCUT2D eigenvalue weighted by atomic mass is 127. The normalized spacial score (nSPS) is 16.3. The molecule has 0 bridgehead atoms. The van der Waals surface area contributed by atoms with E-state index in [1.54, 1.807) is 0 Å². The van der Waals surface area contributed by atoms with E-state index in [1.165, 1.54) is 12.8 Å². The minimum atomic E-state index is 0.615. The van der Waals surface area contributed by atoms with Crippen molar-refractivity contribution in [1.82, 2.24) is 0 Å². The molecule has 3 heteroatoms. The Morgan fingerprint density at radius 1 is 1.50 bits per heavy atom. The highest BCUT2D eigenvalue weighted by molar-refractivity contribution is 14.1. The lowest BCUT2D eigenvalue weighted by Gasteiger charge is -2.06. The average molecular weight is 382 g/mol. The average Bonchev–Trinajstić information content (AvgIpc) is 1.99. The van der Waals surface area contributed by atoms with Crippen molar-refractivity contribution in [3.8, 4) is 0 Å². The summed E-state index contributed by atoms with van der Waals surface area (Å²) in [4.78, 5) is 0.615. The predicted molar refractivity (Wildman–Crippen MR) is 63.7 cm³/mol. The fourth-order valence-corrected chi connectivity index (χ4v) is 1.48. The third-order valence-corrected chi connectivity index (χ3v) is 4.74. The maximum atomic E-state index is 3.73. The first-order chi connectivity index (χ1) is 4.70. The smallest absolute Gasteiger partial charge is 0.0287 e. The van der Waals surface area contributed by atoms with Crippen molar-refractivity contribution in [3.63, 3.8) is 0 Å². The first-order valence-corrected chi connectivity index (χ1v) is 6.45. The molecule has 0 aliphatic carbocycles. The van der Waals surface area contributed by atoms with Gasteiger partial charge < -0.3 is 0 Å². The molecule has 2 atom stereocenters. The van der Waals surface area contributed by atoms with Crippen LogP contribution >= 0.6 is 54.5 Å². The van der Waals surface area contributed by atoms with Crippen molar-refractivity contribution >= 4 is 54.5 Å². The van der Waals surface area contributed by atoms with E-state index in [1.807, 2.05) is 6.08 Å². The number of allylic oxidation sites excluding steroid dienone is 1. The lowest BCUT2D eigenvalue weighted by Crippen LogP contribution is -2.02. The number of hydrogen-bond acceptors (Lipinski definition) is 0. The van der Waals surface area contributed by atoms with Crippen LogP contribution in [0.15, 0.2) is 12.7 Å². The fourth-order valence-electron chi connectivity index (χ4n) is 0.535. The SMILES string of the molecule is C=CC(I)CCC(Br)CBr. The van der Waals surface area contributed by atoms with Gasteiger partial charge >= 0.3 is 0 Å². The molecule has 0 spiro atoms. The largest absolute Gasteiger partial charge is 0.102 e. The van der Waals surface area contributed by atoms with Crippen LogP contribution in [0.25, 0.3) is 0 Å². The lowest BCUT2D eigenvalue weighted by atomic mass is 10.2. The van der Waals surface area contributed by atoms with Gasteiger partial charge in [0.25, 0.3) is 0 Å². The highest BCUT2D eigenvalue weighted by Gasteiger charge is 2.04. The molecular formula is C7H11Br2I.